The second-order valence-electron chi connectivity index (χ2n) is 3.87. The molecule has 0 radical (unpaired) electrons. The standard InChI is InChI=1S/C12H10Cl2N4O3/c1-2-15-11-5-12(17-6-16-11)21-10-4-8(14)7(13)3-9(10)18(19)20/h3-6H,2H2,1H3,(H,15,16,17). The van der Waals surface area contributed by atoms with Crippen molar-refractivity contribution in [1.29, 1.82) is 0 Å². The third kappa shape index (κ3) is 3.71. The summed E-state index contributed by atoms with van der Waals surface area (Å²) in [6.07, 6.45) is 1.29. The van der Waals surface area contributed by atoms with Gasteiger partial charge in [0.05, 0.1) is 15.0 Å². The molecule has 0 amide bonds. The number of nitro groups is 1. The smallest absolute Gasteiger partial charge is 0.313 e. The lowest BCUT2D eigenvalue weighted by atomic mass is 10.3. The zero-order chi connectivity index (χ0) is 15.4. The van der Waals surface area contributed by atoms with Crippen LogP contribution in [-0.4, -0.2) is 21.4 Å². The van der Waals surface area contributed by atoms with E-state index in [9.17, 15) is 10.1 Å². The summed E-state index contributed by atoms with van der Waals surface area (Å²) in [5.74, 6) is 0.656. The highest BCUT2D eigenvalue weighted by Crippen LogP contribution is 2.37. The molecule has 0 fully saturated rings. The summed E-state index contributed by atoms with van der Waals surface area (Å²) in [5, 5.41) is 14.2. The Kier molecular flexibility index (Phi) is 4.77. The summed E-state index contributed by atoms with van der Waals surface area (Å²) in [6, 6.07) is 3.93. The summed E-state index contributed by atoms with van der Waals surface area (Å²) in [6.45, 7) is 2.58. The molecule has 2 rings (SSSR count). The van der Waals surface area contributed by atoms with Crippen molar-refractivity contribution in [2.24, 2.45) is 0 Å². The van der Waals surface area contributed by atoms with Crippen LogP contribution >= 0.6 is 23.2 Å². The molecule has 21 heavy (non-hydrogen) atoms. The number of benzene rings is 1. The number of nitrogens with zero attached hydrogens (tertiary/aromatic N) is 3. The van der Waals surface area contributed by atoms with E-state index in [0.717, 1.165) is 6.07 Å². The van der Waals surface area contributed by atoms with Crippen molar-refractivity contribution in [3.05, 3.63) is 44.7 Å². The van der Waals surface area contributed by atoms with Gasteiger partial charge in [-0.1, -0.05) is 23.2 Å². The molecule has 0 aliphatic carbocycles. The van der Waals surface area contributed by atoms with Crippen LogP contribution in [0.2, 0.25) is 10.0 Å². The minimum absolute atomic E-state index is 0.0458. The maximum atomic E-state index is 11.0. The highest BCUT2D eigenvalue weighted by Gasteiger charge is 2.19. The summed E-state index contributed by atoms with van der Waals surface area (Å²) in [4.78, 5) is 18.3. The number of anilines is 1. The van der Waals surface area contributed by atoms with Gasteiger partial charge in [-0.3, -0.25) is 10.1 Å². The minimum atomic E-state index is -0.607. The van der Waals surface area contributed by atoms with Crippen LogP contribution in [0.4, 0.5) is 11.5 Å². The van der Waals surface area contributed by atoms with Crippen molar-refractivity contribution in [2.45, 2.75) is 6.92 Å². The van der Waals surface area contributed by atoms with Crippen LogP contribution in [0.15, 0.2) is 24.5 Å². The monoisotopic (exact) mass is 328 g/mol. The Morgan fingerprint density at radius 1 is 1.29 bits per heavy atom. The Morgan fingerprint density at radius 3 is 2.67 bits per heavy atom. The summed E-state index contributed by atoms with van der Waals surface area (Å²) in [7, 11) is 0. The average Bonchev–Trinajstić information content (AvgIpc) is 2.43. The van der Waals surface area contributed by atoms with Gasteiger partial charge in [-0.2, -0.15) is 0 Å². The fourth-order valence-corrected chi connectivity index (χ4v) is 1.84. The van der Waals surface area contributed by atoms with E-state index in [2.05, 4.69) is 15.3 Å². The molecule has 9 heteroatoms. The van der Waals surface area contributed by atoms with Crippen molar-refractivity contribution in [3.8, 4) is 11.6 Å². The molecule has 0 bridgehead atoms. The zero-order valence-corrected chi connectivity index (χ0v) is 12.4. The molecule has 0 spiro atoms. The predicted molar refractivity (Wildman–Crippen MR) is 79.4 cm³/mol. The predicted octanol–water partition coefficient (Wildman–Crippen LogP) is 3.92. The molecule has 0 atom stereocenters. The second-order valence-corrected chi connectivity index (χ2v) is 4.68. The van der Waals surface area contributed by atoms with E-state index in [1.54, 1.807) is 0 Å². The Balaban J connectivity index is 2.36. The van der Waals surface area contributed by atoms with Gasteiger partial charge in [-0.25, -0.2) is 9.97 Å². The van der Waals surface area contributed by atoms with Gasteiger partial charge in [0, 0.05) is 24.7 Å². The molecular weight excluding hydrogens is 319 g/mol. The molecule has 0 saturated carbocycles. The number of hydrogen-bond acceptors (Lipinski definition) is 6. The van der Waals surface area contributed by atoms with Crippen LogP contribution in [-0.2, 0) is 0 Å². The van der Waals surface area contributed by atoms with Crippen LogP contribution in [0, 0.1) is 10.1 Å². The van der Waals surface area contributed by atoms with Crippen molar-refractivity contribution in [3.63, 3.8) is 0 Å². The van der Waals surface area contributed by atoms with Crippen LogP contribution in [0.5, 0.6) is 11.6 Å². The first kappa shape index (κ1) is 15.3. The normalized spacial score (nSPS) is 10.2. The highest BCUT2D eigenvalue weighted by atomic mass is 35.5. The Hall–Kier alpha value is -2.12. The van der Waals surface area contributed by atoms with Crippen molar-refractivity contribution >= 4 is 34.7 Å². The molecule has 0 aliphatic rings. The second kappa shape index (κ2) is 6.55. The quantitative estimate of drug-likeness (QED) is 0.660. The summed E-state index contributed by atoms with van der Waals surface area (Å²) < 4.78 is 5.42. The number of halogens is 2. The molecule has 110 valence electrons. The van der Waals surface area contributed by atoms with E-state index in [-0.39, 0.29) is 27.4 Å². The Bertz CT molecular complexity index is 682. The Morgan fingerprint density at radius 2 is 2.00 bits per heavy atom. The third-order valence-electron chi connectivity index (χ3n) is 2.41. The van der Waals surface area contributed by atoms with Crippen LogP contribution < -0.4 is 10.1 Å². The number of ether oxygens (including phenoxy) is 1. The Labute approximate surface area is 130 Å². The molecule has 1 N–H and O–H groups in total. The van der Waals surface area contributed by atoms with Crippen molar-refractivity contribution in [2.75, 3.05) is 11.9 Å². The molecule has 1 heterocycles. The molecule has 0 unspecified atom stereocenters. The van der Waals surface area contributed by atoms with Gasteiger partial charge >= 0.3 is 5.69 Å². The van der Waals surface area contributed by atoms with E-state index < -0.39 is 4.92 Å². The van der Waals surface area contributed by atoms with Gasteiger partial charge in [0.25, 0.3) is 0 Å². The third-order valence-corrected chi connectivity index (χ3v) is 3.14. The number of aromatic nitrogens is 2. The first-order valence-electron chi connectivity index (χ1n) is 5.88. The van der Waals surface area contributed by atoms with Crippen LogP contribution in [0.25, 0.3) is 0 Å². The SMILES string of the molecule is CCNc1cc(Oc2cc(Cl)c(Cl)cc2[N+](=O)[O-])ncn1. The molecule has 7 nitrogen and oxygen atoms in total. The molecule has 0 aliphatic heterocycles. The molecule has 1 aromatic heterocycles. The largest absolute Gasteiger partial charge is 0.432 e. The van der Waals surface area contributed by atoms with Gasteiger partial charge in [0.1, 0.15) is 12.1 Å². The van der Waals surface area contributed by atoms with Gasteiger partial charge in [-0.15, -0.1) is 0 Å². The van der Waals surface area contributed by atoms with E-state index in [1.807, 2.05) is 6.92 Å². The molecule has 2 aromatic rings. The maximum absolute atomic E-state index is 11.0. The lowest BCUT2D eigenvalue weighted by molar-refractivity contribution is -0.385. The fourth-order valence-electron chi connectivity index (χ4n) is 1.53. The number of nitro benzene ring substituents is 1. The molecule has 1 aromatic carbocycles. The molecular formula is C12H10Cl2N4O3. The van der Waals surface area contributed by atoms with Gasteiger partial charge in [0.2, 0.25) is 11.6 Å². The van der Waals surface area contributed by atoms with Crippen molar-refractivity contribution in [1.82, 2.24) is 9.97 Å². The van der Waals surface area contributed by atoms with Gasteiger partial charge in [0.15, 0.2) is 0 Å². The first-order chi connectivity index (χ1) is 10.0. The van der Waals surface area contributed by atoms with Crippen LogP contribution in [0.1, 0.15) is 6.92 Å². The number of nitrogens with one attached hydrogen (secondary N) is 1. The maximum Gasteiger partial charge on any atom is 0.313 e. The van der Waals surface area contributed by atoms with E-state index in [1.165, 1.54) is 18.5 Å². The van der Waals surface area contributed by atoms with E-state index in [0.29, 0.717) is 12.4 Å². The highest BCUT2D eigenvalue weighted by molar-refractivity contribution is 6.42. The van der Waals surface area contributed by atoms with Gasteiger partial charge < -0.3 is 10.1 Å². The van der Waals surface area contributed by atoms with E-state index in [4.69, 9.17) is 27.9 Å². The minimum Gasteiger partial charge on any atom is -0.432 e. The number of hydrogen-bond donors (Lipinski definition) is 1. The van der Waals surface area contributed by atoms with Crippen LogP contribution in [0.3, 0.4) is 0 Å². The van der Waals surface area contributed by atoms with E-state index >= 15 is 0 Å². The average molecular weight is 329 g/mol. The fraction of sp³-hybridized carbons (Fsp3) is 0.167. The first-order valence-corrected chi connectivity index (χ1v) is 6.64. The van der Waals surface area contributed by atoms with Gasteiger partial charge in [-0.05, 0) is 6.92 Å². The zero-order valence-electron chi connectivity index (χ0n) is 10.8. The lowest BCUT2D eigenvalue weighted by Crippen LogP contribution is -2.00. The number of rotatable bonds is 5. The topological polar surface area (TPSA) is 90.2 Å². The van der Waals surface area contributed by atoms with Crippen molar-refractivity contribution < 1.29 is 9.66 Å². The summed E-state index contributed by atoms with van der Waals surface area (Å²) in [5.41, 5.74) is -0.298. The molecule has 0 saturated heterocycles. The lowest BCUT2D eigenvalue weighted by Gasteiger charge is -2.08. The summed E-state index contributed by atoms with van der Waals surface area (Å²) >= 11 is 11.6.